The summed E-state index contributed by atoms with van der Waals surface area (Å²) in [4.78, 5) is 10.1. The van der Waals surface area contributed by atoms with E-state index in [0.29, 0.717) is 5.02 Å². The predicted octanol–water partition coefficient (Wildman–Crippen LogP) is 1.34. The van der Waals surface area contributed by atoms with E-state index < -0.39 is 0 Å². The fraction of sp³-hybridized carbons (Fsp3) is 0.600. The van der Waals surface area contributed by atoms with Gasteiger partial charge in [-0.2, -0.15) is 0 Å². The molecule has 0 radical (unpaired) electrons. The van der Waals surface area contributed by atoms with Crippen LogP contribution in [0, 0.1) is 5.92 Å². The van der Waals surface area contributed by atoms with Crippen LogP contribution in [0.15, 0.2) is 12.5 Å². The van der Waals surface area contributed by atoms with Crippen LogP contribution in [0.1, 0.15) is 13.3 Å². The first-order valence-corrected chi connectivity index (χ1v) is 5.45. The first-order chi connectivity index (χ1) is 7.18. The summed E-state index contributed by atoms with van der Waals surface area (Å²) < 4.78 is 0. The molecule has 1 aliphatic rings. The third kappa shape index (κ3) is 2.21. The lowest BCUT2D eigenvalue weighted by Gasteiger charge is -2.35. The van der Waals surface area contributed by atoms with Gasteiger partial charge in [-0.05, 0) is 12.3 Å². The molecule has 5 heteroatoms. The molecule has 0 spiro atoms. The second-order valence-corrected chi connectivity index (χ2v) is 4.38. The van der Waals surface area contributed by atoms with Gasteiger partial charge in [-0.15, -0.1) is 0 Å². The molecule has 0 aromatic carbocycles. The van der Waals surface area contributed by atoms with Crippen molar-refractivity contribution in [2.75, 3.05) is 18.0 Å². The van der Waals surface area contributed by atoms with E-state index in [-0.39, 0.29) is 12.0 Å². The van der Waals surface area contributed by atoms with Crippen molar-refractivity contribution >= 4 is 17.4 Å². The largest absolute Gasteiger partial charge is 0.393 e. The third-order valence-corrected chi connectivity index (χ3v) is 3.07. The molecular formula is C10H14ClN3O. The van der Waals surface area contributed by atoms with Crippen LogP contribution >= 0.6 is 11.6 Å². The van der Waals surface area contributed by atoms with Gasteiger partial charge in [0.15, 0.2) is 5.82 Å². The second kappa shape index (κ2) is 4.33. The van der Waals surface area contributed by atoms with Gasteiger partial charge < -0.3 is 10.0 Å². The summed E-state index contributed by atoms with van der Waals surface area (Å²) >= 11 is 6.01. The number of halogens is 1. The standard InChI is InChI=1S/C10H14ClN3O/c1-7-5-14(3-2-9(7)15)10-8(11)4-12-6-13-10/h4,6-7,9,15H,2-3,5H2,1H3. The highest BCUT2D eigenvalue weighted by Gasteiger charge is 2.25. The van der Waals surface area contributed by atoms with Crippen molar-refractivity contribution in [2.45, 2.75) is 19.4 Å². The number of anilines is 1. The molecule has 4 nitrogen and oxygen atoms in total. The quantitative estimate of drug-likeness (QED) is 0.787. The molecule has 0 amide bonds. The Morgan fingerprint density at radius 1 is 1.60 bits per heavy atom. The lowest BCUT2D eigenvalue weighted by atomic mass is 9.97. The molecule has 0 aliphatic carbocycles. The molecule has 2 atom stereocenters. The van der Waals surface area contributed by atoms with Crippen LogP contribution in [0.25, 0.3) is 0 Å². The highest BCUT2D eigenvalue weighted by atomic mass is 35.5. The van der Waals surface area contributed by atoms with Gasteiger partial charge >= 0.3 is 0 Å². The predicted molar refractivity (Wildman–Crippen MR) is 59.0 cm³/mol. The topological polar surface area (TPSA) is 49.2 Å². The summed E-state index contributed by atoms with van der Waals surface area (Å²) in [5.74, 6) is 1.02. The van der Waals surface area contributed by atoms with Crippen LogP contribution in [0.5, 0.6) is 0 Å². The summed E-state index contributed by atoms with van der Waals surface area (Å²) in [5, 5.41) is 10.2. The van der Waals surface area contributed by atoms with Gasteiger partial charge in [0.2, 0.25) is 0 Å². The Labute approximate surface area is 93.9 Å². The number of piperidine rings is 1. The maximum absolute atomic E-state index is 9.62. The van der Waals surface area contributed by atoms with E-state index in [4.69, 9.17) is 11.6 Å². The van der Waals surface area contributed by atoms with Gasteiger partial charge in [-0.25, -0.2) is 9.97 Å². The first kappa shape index (κ1) is 10.6. The van der Waals surface area contributed by atoms with Crippen molar-refractivity contribution in [3.05, 3.63) is 17.5 Å². The van der Waals surface area contributed by atoms with Crippen molar-refractivity contribution in [2.24, 2.45) is 5.92 Å². The number of aromatic nitrogens is 2. The van der Waals surface area contributed by atoms with E-state index in [1.54, 1.807) is 6.20 Å². The molecular weight excluding hydrogens is 214 g/mol. The van der Waals surface area contributed by atoms with Gasteiger partial charge in [0, 0.05) is 13.1 Å². The normalized spacial score (nSPS) is 26.7. The number of rotatable bonds is 1. The third-order valence-electron chi connectivity index (χ3n) is 2.81. The minimum atomic E-state index is -0.207. The van der Waals surface area contributed by atoms with E-state index in [0.717, 1.165) is 25.3 Å². The average Bonchev–Trinajstić information content (AvgIpc) is 2.23. The maximum Gasteiger partial charge on any atom is 0.150 e. The van der Waals surface area contributed by atoms with Gasteiger partial charge in [0.25, 0.3) is 0 Å². The van der Waals surface area contributed by atoms with Crippen LogP contribution in [-0.2, 0) is 0 Å². The van der Waals surface area contributed by atoms with Crippen LogP contribution in [0.4, 0.5) is 5.82 Å². The van der Waals surface area contributed by atoms with E-state index in [1.165, 1.54) is 6.33 Å². The molecule has 1 fully saturated rings. The molecule has 2 heterocycles. The molecule has 15 heavy (non-hydrogen) atoms. The molecule has 2 rings (SSSR count). The number of hydrogen-bond donors (Lipinski definition) is 1. The van der Waals surface area contributed by atoms with Crippen molar-refractivity contribution in [1.29, 1.82) is 0 Å². The number of hydrogen-bond acceptors (Lipinski definition) is 4. The molecule has 1 N–H and O–H groups in total. The molecule has 1 aromatic heterocycles. The van der Waals surface area contributed by atoms with Crippen molar-refractivity contribution in [1.82, 2.24) is 9.97 Å². The molecule has 0 bridgehead atoms. The van der Waals surface area contributed by atoms with Crippen molar-refractivity contribution < 1.29 is 5.11 Å². The lowest BCUT2D eigenvalue weighted by Crippen LogP contribution is -2.42. The summed E-state index contributed by atoms with van der Waals surface area (Å²) in [6.07, 6.45) is 3.65. The van der Waals surface area contributed by atoms with E-state index in [9.17, 15) is 5.11 Å². The second-order valence-electron chi connectivity index (χ2n) is 3.97. The minimum Gasteiger partial charge on any atom is -0.393 e. The van der Waals surface area contributed by atoms with E-state index in [1.807, 2.05) is 6.92 Å². The Morgan fingerprint density at radius 3 is 3.07 bits per heavy atom. The zero-order chi connectivity index (χ0) is 10.8. The SMILES string of the molecule is CC1CN(c2ncncc2Cl)CCC1O. The monoisotopic (exact) mass is 227 g/mol. The van der Waals surface area contributed by atoms with Gasteiger partial charge in [0.05, 0.1) is 12.3 Å². The van der Waals surface area contributed by atoms with Gasteiger partial charge in [-0.3, -0.25) is 0 Å². The average molecular weight is 228 g/mol. The Balaban J connectivity index is 2.15. The molecule has 1 saturated heterocycles. The van der Waals surface area contributed by atoms with Gasteiger partial charge in [-0.1, -0.05) is 18.5 Å². The fourth-order valence-electron chi connectivity index (χ4n) is 1.86. The smallest absolute Gasteiger partial charge is 0.150 e. The zero-order valence-electron chi connectivity index (χ0n) is 8.60. The van der Waals surface area contributed by atoms with Crippen molar-refractivity contribution in [3.8, 4) is 0 Å². The lowest BCUT2D eigenvalue weighted by molar-refractivity contribution is 0.0969. The zero-order valence-corrected chi connectivity index (χ0v) is 9.35. The highest BCUT2D eigenvalue weighted by molar-refractivity contribution is 6.32. The number of aliphatic hydroxyl groups is 1. The Kier molecular flexibility index (Phi) is 3.07. The molecule has 1 aliphatic heterocycles. The Morgan fingerprint density at radius 2 is 2.40 bits per heavy atom. The molecule has 82 valence electrons. The van der Waals surface area contributed by atoms with Crippen LogP contribution in [-0.4, -0.2) is 34.3 Å². The summed E-state index contributed by atoms with van der Waals surface area (Å²) in [7, 11) is 0. The Hall–Kier alpha value is -0.870. The first-order valence-electron chi connectivity index (χ1n) is 5.07. The summed E-state index contributed by atoms with van der Waals surface area (Å²) in [5.41, 5.74) is 0. The highest BCUT2D eigenvalue weighted by Crippen LogP contribution is 2.26. The van der Waals surface area contributed by atoms with Crippen LogP contribution in [0.2, 0.25) is 5.02 Å². The molecule has 1 aromatic rings. The van der Waals surface area contributed by atoms with Crippen LogP contribution < -0.4 is 4.90 Å². The van der Waals surface area contributed by atoms with Crippen molar-refractivity contribution in [3.63, 3.8) is 0 Å². The summed E-state index contributed by atoms with van der Waals surface area (Å²) in [6.45, 7) is 3.62. The molecule has 0 saturated carbocycles. The Bertz CT molecular complexity index is 347. The maximum atomic E-state index is 9.62. The minimum absolute atomic E-state index is 0.207. The van der Waals surface area contributed by atoms with E-state index in [2.05, 4.69) is 14.9 Å². The van der Waals surface area contributed by atoms with Crippen LogP contribution in [0.3, 0.4) is 0 Å². The fourth-order valence-corrected chi connectivity index (χ4v) is 2.09. The summed E-state index contributed by atoms with van der Waals surface area (Å²) in [6, 6.07) is 0. The van der Waals surface area contributed by atoms with E-state index >= 15 is 0 Å². The van der Waals surface area contributed by atoms with Gasteiger partial charge in [0.1, 0.15) is 11.3 Å². The number of aliphatic hydroxyl groups excluding tert-OH is 1. The number of nitrogens with zero attached hydrogens (tertiary/aromatic N) is 3. The molecule has 2 unspecified atom stereocenters.